The molecule has 32 heavy (non-hydrogen) atoms. The van der Waals surface area contributed by atoms with Crippen LogP contribution in [0.15, 0.2) is 48.7 Å². The van der Waals surface area contributed by atoms with Crippen LogP contribution in [0.1, 0.15) is 11.1 Å². The summed E-state index contributed by atoms with van der Waals surface area (Å²) in [6, 6.07) is 11.5. The SMILES string of the molecule is O=C(C=Cc1cc(Cl)c2c(c1)OCO2)N1CCN(C(=O)Cc2c[nH]c3ccccc23)CC1. The van der Waals surface area contributed by atoms with Crippen LogP contribution in [0.5, 0.6) is 11.5 Å². The number of halogens is 1. The van der Waals surface area contributed by atoms with Crippen molar-refractivity contribution >= 4 is 40.4 Å². The number of piperazine rings is 1. The predicted octanol–water partition coefficient (Wildman–Crippen LogP) is 3.48. The first-order chi connectivity index (χ1) is 15.6. The summed E-state index contributed by atoms with van der Waals surface area (Å²) in [7, 11) is 0. The van der Waals surface area contributed by atoms with Crippen LogP contribution in [0.4, 0.5) is 0 Å². The molecule has 2 amide bonds. The Bertz CT molecular complexity index is 1210. The molecule has 1 fully saturated rings. The second-order valence-electron chi connectivity index (χ2n) is 7.81. The number of hydrogen-bond donors (Lipinski definition) is 1. The number of H-pyrrole nitrogens is 1. The van der Waals surface area contributed by atoms with Gasteiger partial charge in [-0.15, -0.1) is 0 Å². The normalized spacial score (nSPS) is 15.7. The average molecular weight is 452 g/mol. The second kappa shape index (κ2) is 8.59. The van der Waals surface area contributed by atoms with E-state index in [1.807, 2.05) is 35.4 Å². The van der Waals surface area contributed by atoms with Crippen molar-refractivity contribution in [2.75, 3.05) is 33.0 Å². The van der Waals surface area contributed by atoms with Crippen LogP contribution in [-0.4, -0.2) is 59.6 Å². The minimum Gasteiger partial charge on any atom is -0.454 e. The lowest BCUT2D eigenvalue weighted by atomic mass is 10.1. The summed E-state index contributed by atoms with van der Waals surface area (Å²) in [5.41, 5.74) is 2.79. The van der Waals surface area contributed by atoms with Crippen molar-refractivity contribution in [3.8, 4) is 11.5 Å². The number of carbonyl (C=O) groups excluding carboxylic acids is 2. The Balaban J connectivity index is 1.16. The molecule has 8 heteroatoms. The van der Waals surface area contributed by atoms with Gasteiger partial charge in [0.1, 0.15) is 0 Å². The van der Waals surface area contributed by atoms with E-state index in [9.17, 15) is 9.59 Å². The van der Waals surface area contributed by atoms with E-state index in [0.29, 0.717) is 49.1 Å². The maximum atomic E-state index is 12.8. The largest absolute Gasteiger partial charge is 0.454 e. The summed E-state index contributed by atoms with van der Waals surface area (Å²) in [6.45, 7) is 2.20. The summed E-state index contributed by atoms with van der Waals surface area (Å²) < 4.78 is 10.7. The Morgan fingerprint density at radius 3 is 2.69 bits per heavy atom. The fourth-order valence-corrected chi connectivity index (χ4v) is 4.36. The lowest BCUT2D eigenvalue weighted by molar-refractivity contribution is -0.136. The fourth-order valence-electron chi connectivity index (χ4n) is 4.09. The van der Waals surface area contributed by atoms with Crippen LogP contribution >= 0.6 is 11.6 Å². The molecule has 0 spiro atoms. The molecule has 5 rings (SSSR count). The number of nitrogens with zero attached hydrogens (tertiary/aromatic N) is 2. The summed E-state index contributed by atoms with van der Waals surface area (Å²) >= 11 is 6.19. The lowest BCUT2D eigenvalue weighted by Gasteiger charge is -2.34. The minimum atomic E-state index is -0.0949. The Kier molecular flexibility index (Phi) is 5.49. The second-order valence-corrected chi connectivity index (χ2v) is 8.22. The predicted molar refractivity (Wildman–Crippen MR) is 122 cm³/mol. The van der Waals surface area contributed by atoms with Crippen molar-refractivity contribution in [1.29, 1.82) is 0 Å². The third-order valence-corrected chi connectivity index (χ3v) is 6.11. The number of benzene rings is 2. The van der Waals surface area contributed by atoms with E-state index in [1.165, 1.54) is 6.08 Å². The van der Waals surface area contributed by atoms with Crippen LogP contribution in [0, 0.1) is 0 Å². The minimum absolute atomic E-state index is 0.0763. The molecule has 0 unspecified atom stereocenters. The number of rotatable bonds is 4. The summed E-state index contributed by atoms with van der Waals surface area (Å²) in [4.78, 5) is 32.2. The molecular weight excluding hydrogens is 430 g/mol. The van der Waals surface area contributed by atoms with Crippen molar-refractivity contribution in [1.82, 2.24) is 14.8 Å². The molecule has 7 nitrogen and oxygen atoms in total. The van der Waals surface area contributed by atoms with Gasteiger partial charge in [0, 0.05) is 49.4 Å². The highest BCUT2D eigenvalue weighted by Crippen LogP contribution is 2.40. The number of ether oxygens (including phenoxy) is 2. The molecular formula is C24H22ClN3O4. The lowest BCUT2D eigenvalue weighted by Crippen LogP contribution is -2.50. The van der Waals surface area contributed by atoms with Crippen molar-refractivity contribution < 1.29 is 19.1 Å². The van der Waals surface area contributed by atoms with Gasteiger partial charge in [0.2, 0.25) is 18.6 Å². The molecule has 0 atom stereocenters. The van der Waals surface area contributed by atoms with Gasteiger partial charge in [-0.2, -0.15) is 0 Å². The fraction of sp³-hybridized carbons (Fsp3) is 0.250. The number of para-hydroxylation sites is 1. The first-order valence-corrected chi connectivity index (χ1v) is 10.9. The van der Waals surface area contributed by atoms with Gasteiger partial charge in [-0.3, -0.25) is 9.59 Å². The van der Waals surface area contributed by atoms with E-state index in [0.717, 1.165) is 22.0 Å². The maximum absolute atomic E-state index is 12.8. The van der Waals surface area contributed by atoms with Gasteiger partial charge in [-0.25, -0.2) is 0 Å². The molecule has 1 aromatic heterocycles. The zero-order chi connectivity index (χ0) is 22.1. The average Bonchev–Trinajstić information content (AvgIpc) is 3.45. The monoisotopic (exact) mass is 451 g/mol. The number of fused-ring (bicyclic) bond motifs is 2. The maximum Gasteiger partial charge on any atom is 0.246 e. The van der Waals surface area contributed by atoms with E-state index in [1.54, 1.807) is 23.1 Å². The molecule has 164 valence electrons. The highest BCUT2D eigenvalue weighted by atomic mass is 35.5. The molecule has 0 radical (unpaired) electrons. The highest BCUT2D eigenvalue weighted by molar-refractivity contribution is 6.32. The van der Waals surface area contributed by atoms with Crippen LogP contribution in [0.3, 0.4) is 0 Å². The van der Waals surface area contributed by atoms with Crippen molar-refractivity contribution in [2.45, 2.75) is 6.42 Å². The topological polar surface area (TPSA) is 74.9 Å². The molecule has 3 heterocycles. The van der Waals surface area contributed by atoms with Gasteiger partial charge < -0.3 is 24.3 Å². The number of carbonyl (C=O) groups is 2. The Hall–Kier alpha value is -3.45. The van der Waals surface area contributed by atoms with Gasteiger partial charge in [-0.1, -0.05) is 29.8 Å². The summed E-state index contributed by atoms with van der Waals surface area (Å²) in [5, 5.41) is 1.53. The number of amides is 2. The van der Waals surface area contributed by atoms with Crippen LogP contribution in [-0.2, 0) is 16.0 Å². The Morgan fingerprint density at radius 1 is 1.06 bits per heavy atom. The molecule has 0 bridgehead atoms. The van der Waals surface area contributed by atoms with Crippen LogP contribution in [0.25, 0.3) is 17.0 Å². The van der Waals surface area contributed by atoms with E-state index in [-0.39, 0.29) is 18.6 Å². The third kappa shape index (κ3) is 4.03. The number of aromatic amines is 1. The first-order valence-electron chi connectivity index (χ1n) is 10.5. The summed E-state index contributed by atoms with van der Waals surface area (Å²) in [5.74, 6) is 1.09. The van der Waals surface area contributed by atoms with Gasteiger partial charge in [0.05, 0.1) is 11.4 Å². The zero-order valence-corrected chi connectivity index (χ0v) is 18.1. The van der Waals surface area contributed by atoms with Crippen molar-refractivity contribution in [3.05, 3.63) is 64.8 Å². The van der Waals surface area contributed by atoms with E-state index in [2.05, 4.69) is 4.98 Å². The molecule has 2 aliphatic rings. The van der Waals surface area contributed by atoms with Gasteiger partial charge in [-0.05, 0) is 35.4 Å². The van der Waals surface area contributed by atoms with E-state index in [4.69, 9.17) is 21.1 Å². The molecule has 0 saturated carbocycles. The standard InChI is InChI=1S/C24H22ClN3O4/c25-19-11-16(12-21-24(19)32-15-31-21)5-6-22(29)27-7-9-28(10-8-27)23(30)13-17-14-26-20-4-2-1-3-18(17)20/h1-6,11-12,14,26H,7-10,13,15H2. The van der Waals surface area contributed by atoms with Gasteiger partial charge >= 0.3 is 0 Å². The molecule has 0 aliphatic carbocycles. The quantitative estimate of drug-likeness (QED) is 0.616. The zero-order valence-electron chi connectivity index (χ0n) is 17.3. The number of hydrogen-bond acceptors (Lipinski definition) is 4. The molecule has 2 aliphatic heterocycles. The summed E-state index contributed by atoms with van der Waals surface area (Å²) in [6.07, 6.45) is 5.49. The van der Waals surface area contributed by atoms with Crippen LogP contribution in [0.2, 0.25) is 5.02 Å². The highest BCUT2D eigenvalue weighted by Gasteiger charge is 2.24. The molecule has 1 saturated heterocycles. The Morgan fingerprint density at radius 2 is 1.84 bits per heavy atom. The van der Waals surface area contributed by atoms with Gasteiger partial charge in [0.25, 0.3) is 0 Å². The Labute approximate surface area is 190 Å². The third-order valence-electron chi connectivity index (χ3n) is 5.83. The van der Waals surface area contributed by atoms with E-state index < -0.39 is 0 Å². The smallest absolute Gasteiger partial charge is 0.246 e. The molecule has 1 N–H and O–H groups in total. The molecule has 3 aromatic rings. The van der Waals surface area contributed by atoms with E-state index >= 15 is 0 Å². The number of aromatic nitrogens is 1. The number of nitrogens with one attached hydrogen (secondary N) is 1. The van der Waals surface area contributed by atoms with Crippen molar-refractivity contribution in [3.63, 3.8) is 0 Å². The first kappa shape index (κ1) is 20.5. The van der Waals surface area contributed by atoms with Crippen LogP contribution < -0.4 is 9.47 Å². The van der Waals surface area contributed by atoms with Crippen molar-refractivity contribution in [2.24, 2.45) is 0 Å². The van der Waals surface area contributed by atoms with Gasteiger partial charge in [0.15, 0.2) is 11.5 Å². The molecule has 2 aromatic carbocycles.